The van der Waals surface area contributed by atoms with Gasteiger partial charge in [-0.05, 0) is 18.2 Å². The van der Waals surface area contributed by atoms with Gasteiger partial charge in [-0.3, -0.25) is 4.79 Å². The molecule has 7 heteroatoms. The highest BCUT2D eigenvalue weighted by molar-refractivity contribution is 6.32. The second-order valence-electron chi connectivity index (χ2n) is 5.55. The van der Waals surface area contributed by atoms with Crippen molar-refractivity contribution in [2.75, 3.05) is 14.2 Å². The van der Waals surface area contributed by atoms with E-state index in [0.717, 1.165) is 14.2 Å². The number of rotatable bonds is 4. The Balaban J connectivity index is 2.46. The van der Waals surface area contributed by atoms with Crippen LogP contribution in [0.5, 0.6) is 0 Å². The number of fused-ring (bicyclic) bond motifs is 1. The lowest BCUT2D eigenvalue weighted by atomic mass is 9.93. The van der Waals surface area contributed by atoms with Crippen molar-refractivity contribution >= 4 is 40.2 Å². The number of hydrogen-bond acceptors (Lipinski definition) is 6. The number of ether oxygens (including phenoxy) is 2. The number of carbonyl (C=O) groups excluding carboxylic acids is 3. The molecule has 0 aliphatic rings. The third-order valence-corrected chi connectivity index (χ3v) is 4.21. The minimum Gasteiger partial charge on any atom is -0.465 e. The number of hydrogen-bond donors (Lipinski definition) is 0. The zero-order chi connectivity index (χ0) is 19.6. The first kappa shape index (κ1) is 18.5. The Kier molecular flexibility index (Phi) is 5.19. The summed E-state index contributed by atoms with van der Waals surface area (Å²) in [5.74, 6) is -2.19. The quantitative estimate of drug-likeness (QED) is 0.504. The van der Waals surface area contributed by atoms with Crippen molar-refractivity contribution in [2.45, 2.75) is 0 Å². The van der Waals surface area contributed by atoms with Crippen LogP contribution in [0.1, 0.15) is 36.8 Å². The Hall–Kier alpha value is -3.25. The SMILES string of the molecule is COC(=O)c1nc2ccc(Cl)cc2c(C(=O)c2ccccc2)c1C(=O)OC. The van der Waals surface area contributed by atoms with Gasteiger partial charge in [0.15, 0.2) is 11.5 Å². The number of benzene rings is 2. The Labute approximate surface area is 159 Å². The number of aromatic nitrogens is 1. The summed E-state index contributed by atoms with van der Waals surface area (Å²) in [5.41, 5.74) is 0.102. The molecule has 6 nitrogen and oxygen atoms in total. The van der Waals surface area contributed by atoms with Gasteiger partial charge in [0, 0.05) is 21.5 Å². The molecule has 3 aromatic rings. The highest BCUT2D eigenvalue weighted by Gasteiger charge is 2.30. The molecule has 0 radical (unpaired) electrons. The van der Waals surface area contributed by atoms with Crippen LogP contribution in [0.15, 0.2) is 48.5 Å². The fraction of sp³-hybridized carbons (Fsp3) is 0.100. The number of esters is 2. The fourth-order valence-electron chi connectivity index (χ4n) is 2.75. The van der Waals surface area contributed by atoms with E-state index in [1.165, 1.54) is 6.07 Å². The van der Waals surface area contributed by atoms with Gasteiger partial charge in [0.05, 0.1) is 19.7 Å². The number of nitrogens with zero attached hydrogens (tertiary/aromatic N) is 1. The van der Waals surface area contributed by atoms with Crippen LogP contribution in [0, 0.1) is 0 Å². The molecule has 0 spiro atoms. The van der Waals surface area contributed by atoms with Gasteiger partial charge in [-0.15, -0.1) is 0 Å². The summed E-state index contributed by atoms with van der Waals surface area (Å²) in [4.78, 5) is 42.2. The zero-order valence-corrected chi connectivity index (χ0v) is 15.2. The lowest BCUT2D eigenvalue weighted by molar-refractivity contribution is 0.0549. The molecule has 0 unspecified atom stereocenters. The van der Waals surface area contributed by atoms with Crippen molar-refractivity contribution in [1.29, 1.82) is 0 Å². The standard InChI is InChI=1S/C20H14ClNO5/c1-26-19(24)16-15(18(23)11-6-4-3-5-7-11)13-10-12(21)8-9-14(13)22-17(16)20(25)27-2/h3-10H,1-2H3. The average Bonchev–Trinajstić information content (AvgIpc) is 2.71. The Morgan fingerprint density at radius 2 is 1.56 bits per heavy atom. The smallest absolute Gasteiger partial charge is 0.357 e. The molecule has 27 heavy (non-hydrogen) atoms. The van der Waals surface area contributed by atoms with Gasteiger partial charge in [-0.25, -0.2) is 14.6 Å². The van der Waals surface area contributed by atoms with Gasteiger partial charge < -0.3 is 9.47 Å². The average molecular weight is 384 g/mol. The van der Waals surface area contributed by atoms with E-state index in [9.17, 15) is 14.4 Å². The van der Waals surface area contributed by atoms with Crippen molar-refractivity contribution in [3.05, 3.63) is 75.9 Å². The van der Waals surface area contributed by atoms with Crippen LogP contribution in [0.2, 0.25) is 5.02 Å². The van der Waals surface area contributed by atoms with Crippen LogP contribution < -0.4 is 0 Å². The number of pyridine rings is 1. The van der Waals surface area contributed by atoms with E-state index >= 15 is 0 Å². The second kappa shape index (κ2) is 7.55. The monoisotopic (exact) mass is 383 g/mol. The van der Waals surface area contributed by atoms with Crippen molar-refractivity contribution in [3.63, 3.8) is 0 Å². The van der Waals surface area contributed by atoms with E-state index < -0.39 is 17.7 Å². The molecule has 0 aliphatic heterocycles. The third-order valence-electron chi connectivity index (χ3n) is 3.98. The minimum atomic E-state index is -0.871. The van der Waals surface area contributed by atoms with Gasteiger partial charge in [-0.1, -0.05) is 41.9 Å². The molecule has 0 atom stereocenters. The van der Waals surface area contributed by atoms with Gasteiger partial charge in [0.2, 0.25) is 0 Å². The summed E-state index contributed by atoms with van der Waals surface area (Å²) in [6.07, 6.45) is 0. The van der Waals surface area contributed by atoms with Crippen molar-refractivity contribution in [3.8, 4) is 0 Å². The van der Waals surface area contributed by atoms with E-state index in [1.807, 2.05) is 0 Å². The molecule has 0 amide bonds. The van der Waals surface area contributed by atoms with E-state index in [4.69, 9.17) is 21.1 Å². The summed E-state index contributed by atoms with van der Waals surface area (Å²) in [6, 6.07) is 13.0. The van der Waals surface area contributed by atoms with Gasteiger partial charge in [-0.2, -0.15) is 0 Å². The van der Waals surface area contributed by atoms with Crippen LogP contribution in [-0.4, -0.2) is 36.9 Å². The highest BCUT2D eigenvalue weighted by atomic mass is 35.5. The topological polar surface area (TPSA) is 82.6 Å². The Morgan fingerprint density at radius 3 is 2.19 bits per heavy atom. The van der Waals surface area contributed by atoms with Gasteiger partial charge >= 0.3 is 11.9 Å². The molecule has 0 fully saturated rings. The molecule has 0 saturated carbocycles. The Morgan fingerprint density at radius 1 is 0.889 bits per heavy atom. The molecule has 1 aromatic heterocycles. The van der Waals surface area contributed by atoms with E-state index in [1.54, 1.807) is 42.5 Å². The Bertz CT molecular complexity index is 1060. The summed E-state index contributed by atoms with van der Waals surface area (Å²) in [6.45, 7) is 0. The number of methoxy groups -OCH3 is 2. The molecule has 136 valence electrons. The number of carbonyl (C=O) groups is 3. The van der Waals surface area contributed by atoms with Crippen LogP contribution >= 0.6 is 11.6 Å². The fourth-order valence-corrected chi connectivity index (χ4v) is 2.92. The molecule has 0 saturated heterocycles. The highest BCUT2D eigenvalue weighted by Crippen LogP contribution is 2.29. The van der Waals surface area contributed by atoms with Crippen LogP contribution in [0.3, 0.4) is 0 Å². The molecule has 1 heterocycles. The lowest BCUT2D eigenvalue weighted by Gasteiger charge is -2.14. The maximum atomic E-state index is 13.2. The number of halogens is 1. The first-order chi connectivity index (χ1) is 13.0. The first-order valence-electron chi connectivity index (χ1n) is 7.87. The van der Waals surface area contributed by atoms with E-state index in [-0.39, 0.29) is 16.8 Å². The molecule has 0 N–H and O–H groups in total. The number of ketones is 1. The largest absolute Gasteiger partial charge is 0.465 e. The lowest BCUT2D eigenvalue weighted by Crippen LogP contribution is -2.20. The predicted octanol–water partition coefficient (Wildman–Crippen LogP) is 3.69. The van der Waals surface area contributed by atoms with Crippen molar-refractivity contribution < 1.29 is 23.9 Å². The molecule has 0 bridgehead atoms. The molecular formula is C20H14ClNO5. The molecular weight excluding hydrogens is 370 g/mol. The van der Waals surface area contributed by atoms with Gasteiger partial charge in [0.1, 0.15) is 5.56 Å². The minimum absolute atomic E-state index is 0.0130. The normalized spacial score (nSPS) is 10.5. The van der Waals surface area contributed by atoms with Gasteiger partial charge in [0.25, 0.3) is 0 Å². The van der Waals surface area contributed by atoms with Crippen molar-refractivity contribution in [2.24, 2.45) is 0 Å². The molecule has 0 aliphatic carbocycles. The zero-order valence-electron chi connectivity index (χ0n) is 14.5. The maximum Gasteiger partial charge on any atom is 0.357 e. The second-order valence-corrected chi connectivity index (χ2v) is 5.99. The third kappa shape index (κ3) is 3.39. The first-order valence-corrected chi connectivity index (χ1v) is 8.25. The van der Waals surface area contributed by atoms with Crippen LogP contribution in [0.25, 0.3) is 10.9 Å². The maximum absolute atomic E-state index is 13.2. The molecule has 2 aromatic carbocycles. The summed E-state index contributed by atoms with van der Waals surface area (Å²) in [5, 5.41) is 0.692. The van der Waals surface area contributed by atoms with Crippen LogP contribution in [0.4, 0.5) is 0 Å². The molecule has 3 rings (SSSR count). The summed E-state index contributed by atoms with van der Waals surface area (Å²) in [7, 11) is 2.32. The summed E-state index contributed by atoms with van der Waals surface area (Å²) < 4.78 is 9.54. The van der Waals surface area contributed by atoms with E-state index in [2.05, 4.69) is 4.98 Å². The predicted molar refractivity (Wildman–Crippen MR) is 99.3 cm³/mol. The van der Waals surface area contributed by atoms with Crippen LogP contribution in [-0.2, 0) is 9.47 Å². The van der Waals surface area contributed by atoms with Crippen molar-refractivity contribution in [1.82, 2.24) is 4.98 Å². The van der Waals surface area contributed by atoms with E-state index in [0.29, 0.717) is 21.5 Å². The summed E-state index contributed by atoms with van der Waals surface area (Å²) >= 11 is 6.09.